The summed E-state index contributed by atoms with van der Waals surface area (Å²) >= 11 is 0. The highest BCUT2D eigenvalue weighted by Crippen LogP contribution is 2.51. The third-order valence-electron chi connectivity index (χ3n) is 3.86. The van der Waals surface area contributed by atoms with Gasteiger partial charge in [-0.1, -0.05) is 12.1 Å². The molecule has 1 aliphatic rings. The summed E-state index contributed by atoms with van der Waals surface area (Å²) in [5.41, 5.74) is 1.30. The topological polar surface area (TPSA) is 85.8 Å². The summed E-state index contributed by atoms with van der Waals surface area (Å²) in [6.07, 6.45) is 1.50. The number of anilines is 1. The van der Waals surface area contributed by atoms with E-state index < -0.39 is 19.4 Å². The van der Waals surface area contributed by atoms with E-state index in [1.54, 1.807) is 50.2 Å². The van der Waals surface area contributed by atoms with Gasteiger partial charge in [0.05, 0.1) is 30.5 Å². The van der Waals surface area contributed by atoms with E-state index in [1.807, 2.05) is 0 Å². The van der Waals surface area contributed by atoms with Crippen LogP contribution in [0.15, 0.2) is 42.6 Å². The lowest BCUT2D eigenvalue weighted by Gasteiger charge is -2.18. The molecule has 1 aromatic carbocycles. The van der Waals surface area contributed by atoms with Crippen molar-refractivity contribution in [1.82, 2.24) is 4.98 Å². The Morgan fingerprint density at radius 2 is 1.58 bits per heavy atom. The molecule has 2 amide bonds. The van der Waals surface area contributed by atoms with Crippen LogP contribution in [0.3, 0.4) is 0 Å². The number of carbonyl (C=O) groups is 2. The van der Waals surface area contributed by atoms with Crippen LogP contribution in [0.4, 0.5) is 5.82 Å². The Labute approximate surface area is 151 Å². The van der Waals surface area contributed by atoms with Gasteiger partial charge in [0, 0.05) is 6.20 Å². The van der Waals surface area contributed by atoms with Crippen LogP contribution in [-0.2, 0) is 19.8 Å². The lowest BCUT2D eigenvalue weighted by Crippen LogP contribution is -2.30. The van der Waals surface area contributed by atoms with Crippen LogP contribution in [0.25, 0.3) is 0 Å². The third-order valence-corrected chi connectivity index (χ3v) is 5.92. The minimum absolute atomic E-state index is 0.0351. The maximum atomic E-state index is 12.7. The normalized spacial score (nSPS) is 14.0. The first-order chi connectivity index (χ1) is 12.5. The van der Waals surface area contributed by atoms with Crippen LogP contribution in [0.2, 0.25) is 0 Å². The first-order valence-electron chi connectivity index (χ1n) is 8.30. The maximum Gasteiger partial charge on any atom is 0.335 e. The zero-order valence-corrected chi connectivity index (χ0v) is 15.4. The van der Waals surface area contributed by atoms with E-state index in [0.717, 1.165) is 4.90 Å². The fourth-order valence-electron chi connectivity index (χ4n) is 2.82. The van der Waals surface area contributed by atoms with Crippen LogP contribution in [0.5, 0.6) is 0 Å². The van der Waals surface area contributed by atoms with Crippen LogP contribution in [-0.4, -0.2) is 30.0 Å². The van der Waals surface area contributed by atoms with Crippen molar-refractivity contribution in [2.24, 2.45) is 0 Å². The quantitative estimate of drug-likeness (QED) is 0.543. The van der Waals surface area contributed by atoms with E-state index >= 15 is 0 Å². The SMILES string of the molecule is CCOP(=O)(Cc1ccnc(N2C(=O)c3ccccc3C2=O)c1)OCC. The molecule has 7 nitrogen and oxygen atoms in total. The molecular weight excluding hydrogens is 355 g/mol. The summed E-state index contributed by atoms with van der Waals surface area (Å²) in [4.78, 5) is 30.3. The molecule has 0 fully saturated rings. The molecule has 26 heavy (non-hydrogen) atoms. The highest BCUT2D eigenvalue weighted by molar-refractivity contribution is 7.53. The number of hydrogen-bond acceptors (Lipinski definition) is 6. The van der Waals surface area contributed by atoms with Crippen molar-refractivity contribution in [2.45, 2.75) is 20.0 Å². The summed E-state index contributed by atoms with van der Waals surface area (Å²) in [5, 5.41) is 0. The molecule has 8 heteroatoms. The molecule has 136 valence electrons. The van der Waals surface area contributed by atoms with E-state index in [0.29, 0.717) is 16.7 Å². The van der Waals surface area contributed by atoms with E-state index in [-0.39, 0.29) is 25.2 Å². The van der Waals surface area contributed by atoms with Gasteiger partial charge in [0.25, 0.3) is 11.8 Å². The zero-order chi connectivity index (χ0) is 18.7. The zero-order valence-electron chi connectivity index (χ0n) is 14.5. The van der Waals surface area contributed by atoms with Crippen LogP contribution < -0.4 is 4.90 Å². The lowest BCUT2D eigenvalue weighted by molar-refractivity contribution is 0.0925. The van der Waals surface area contributed by atoms with Gasteiger partial charge in [-0.25, -0.2) is 9.88 Å². The summed E-state index contributed by atoms with van der Waals surface area (Å²) in [6.45, 7) is 3.99. The number of imide groups is 1. The Morgan fingerprint density at radius 1 is 1.00 bits per heavy atom. The van der Waals surface area contributed by atoms with Gasteiger partial charge in [0.15, 0.2) is 0 Å². The van der Waals surface area contributed by atoms with Crippen molar-refractivity contribution in [2.75, 3.05) is 18.1 Å². The van der Waals surface area contributed by atoms with E-state index in [4.69, 9.17) is 9.05 Å². The Kier molecular flexibility index (Phi) is 5.32. The smallest absolute Gasteiger partial charge is 0.309 e. The monoisotopic (exact) mass is 374 g/mol. The van der Waals surface area contributed by atoms with Crippen LogP contribution >= 0.6 is 7.60 Å². The number of rotatable bonds is 7. The van der Waals surface area contributed by atoms with Gasteiger partial charge in [-0.3, -0.25) is 14.2 Å². The Balaban J connectivity index is 1.90. The average molecular weight is 374 g/mol. The molecular formula is C18H19N2O5P. The van der Waals surface area contributed by atoms with E-state index in [1.165, 1.54) is 6.20 Å². The number of amides is 2. The molecule has 0 saturated heterocycles. The van der Waals surface area contributed by atoms with Crippen molar-refractivity contribution in [3.8, 4) is 0 Å². The molecule has 2 heterocycles. The lowest BCUT2D eigenvalue weighted by atomic mass is 10.1. The van der Waals surface area contributed by atoms with Crippen molar-refractivity contribution < 1.29 is 23.2 Å². The second-order valence-electron chi connectivity index (χ2n) is 5.62. The van der Waals surface area contributed by atoms with Crippen molar-refractivity contribution >= 4 is 25.2 Å². The number of benzene rings is 1. The Morgan fingerprint density at radius 3 is 2.12 bits per heavy atom. The molecule has 0 atom stereocenters. The number of nitrogens with zero attached hydrogens (tertiary/aromatic N) is 2. The summed E-state index contributed by atoms with van der Waals surface area (Å²) in [7, 11) is -3.30. The number of carbonyl (C=O) groups excluding carboxylic acids is 2. The van der Waals surface area contributed by atoms with Gasteiger partial charge < -0.3 is 9.05 Å². The fourth-order valence-corrected chi connectivity index (χ4v) is 4.51. The molecule has 0 aliphatic carbocycles. The molecule has 3 rings (SSSR count). The minimum Gasteiger partial charge on any atom is -0.309 e. The predicted molar refractivity (Wildman–Crippen MR) is 96.4 cm³/mol. The second kappa shape index (κ2) is 7.50. The molecule has 0 spiro atoms. The number of fused-ring (bicyclic) bond motifs is 1. The predicted octanol–water partition coefficient (Wildman–Crippen LogP) is 3.65. The molecule has 0 bridgehead atoms. The number of aromatic nitrogens is 1. The van der Waals surface area contributed by atoms with Crippen molar-refractivity contribution in [3.63, 3.8) is 0 Å². The third kappa shape index (κ3) is 3.46. The van der Waals surface area contributed by atoms with E-state index in [9.17, 15) is 14.2 Å². The average Bonchev–Trinajstić information content (AvgIpc) is 2.87. The first kappa shape index (κ1) is 18.5. The van der Waals surface area contributed by atoms with Gasteiger partial charge in [-0.2, -0.15) is 0 Å². The number of pyridine rings is 1. The molecule has 0 radical (unpaired) electrons. The fraction of sp³-hybridized carbons (Fsp3) is 0.278. The highest BCUT2D eigenvalue weighted by Gasteiger charge is 2.37. The van der Waals surface area contributed by atoms with Gasteiger partial charge in [-0.05, 0) is 43.7 Å². The van der Waals surface area contributed by atoms with Crippen molar-refractivity contribution in [3.05, 3.63) is 59.3 Å². The van der Waals surface area contributed by atoms with Crippen LogP contribution in [0.1, 0.15) is 40.1 Å². The minimum atomic E-state index is -3.30. The highest BCUT2D eigenvalue weighted by atomic mass is 31.2. The van der Waals surface area contributed by atoms with Crippen molar-refractivity contribution in [1.29, 1.82) is 0 Å². The molecule has 2 aromatic rings. The van der Waals surface area contributed by atoms with Crippen LogP contribution in [0, 0.1) is 0 Å². The molecule has 0 N–H and O–H groups in total. The van der Waals surface area contributed by atoms with Gasteiger partial charge in [-0.15, -0.1) is 0 Å². The largest absolute Gasteiger partial charge is 0.335 e. The van der Waals surface area contributed by atoms with Gasteiger partial charge >= 0.3 is 7.60 Å². The first-order valence-corrected chi connectivity index (χ1v) is 10.0. The molecule has 1 aromatic heterocycles. The summed E-state index contributed by atoms with van der Waals surface area (Å²) in [5.74, 6) is -0.658. The van der Waals surface area contributed by atoms with Gasteiger partial charge in [0.2, 0.25) is 0 Å². The standard InChI is InChI=1S/C18H19N2O5P/c1-3-24-26(23,25-4-2)12-13-9-10-19-16(11-13)20-17(21)14-7-5-6-8-15(14)18(20)22/h5-11H,3-4,12H2,1-2H3. The van der Waals surface area contributed by atoms with E-state index in [2.05, 4.69) is 4.98 Å². The molecule has 0 unspecified atom stereocenters. The van der Waals surface area contributed by atoms with Gasteiger partial charge in [0.1, 0.15) is 5.82 Å². The molecule has 0 saturated carbocycles. The summed E-state index contributed by atoms with van der Waals surface area (Å²) < 4.78 is 23.3. The maximum absolute atomic E-state index is 12.7. The summed E-state index contributed by atoms with van der Waals surface area (Å²) in [6, 6.07) is 9.85. The Bertz CT molecular complexity index is 854. The molecule has 1 aliphatic heterocycles. The second-order valence-corrected chi connectivity index (χ2v) is 7.67. The number of hydrogen-bond donors (Lipinski definition) is 0. The Hall–Kier alpha value is -2.34.